The van der Waals surface area contributed by atoms with Gasteiger partial charge in [0.2, 0.25) is 5.91 Å². The second kappa shape index (κ2) is 6.69. The number of para-hydroxylation sites is 1. The molecule has 0 radical (unpaired) electrons. The number of hydrogen-bond donors (Lipinski definition) is 3. The maximum Gasteiger partial charge on any atom is 0.269 e. The summed E-state index contributed by atoms with van der Waals surface area (Å²) in [5.74, 6) is -0.632. The molecule has 0 atom stereocenters. The standard InChI is InChI=1S/C15H18N4O2/c1-17-12-9-13(15(21)18-8-4-7-14(16)20)19-11-6-3-2-5-10(11)12/h2-3,5-6,9H,4,7-8H2,1H3,(H2,16,20)(H,17,19)(H,18,21). The smallest absolute Gasteiger partial charge is 0.269 e. The van der Waals surface area contributed by atoms with Crippen molar-refractivity contribution in [2.24, 2.45) is 5.73 Å². The SMILES string of the molecule is CNc1cc(C(=O)NCCCC(N)=O)nc2ccccc12. The topological polar surface area (TPSA) is 97.1 Å². The minimum absolute atomic E-state index is 0.257. The van der Waals surface area contributed by atoms with Crippen molar-refractivity contribution in [2.45, 2.75) is 12.8 Å². The van der Waals surface area contributed by atoms with Crippen LogP contribution in [-0.2, 0) is 4.79 Å². The Balaban J connectivity index is 2.14. The zero-order valence-electron chi connectivity index (χ0n) is 11.8. The van der Waals surface area contributed by atoms with Gasteiger partial charge in [-0.3, -0.25) is 9.59 Å². The number of primary amides is 1. The maximum atomic E-state index is 12.1. The van der Waals surface area contributed by atoms with Crippen LogP contribution in [0.1, 0.15) is 23.3 Å². The van der Waals surface area contributed by atoms with E-state index >= 15 is 0 Å². The molecule has 0 spiro atoms. The lowest BCUT2D eigenvalue weighted by Crippen LogP contribution is -2.26. The van der Waals surface area contributed by atoms with Crippen molar-refractivity contribution in [2.75, 3.05) is 18.9 Å². The highest BCUT2D eigenvalue weighted by Gasteiger charge is 2.11. The summed E-state index contributed by atoms with van der Waals surface area (Å²) in [7, 11) is 1.80. The van der Waals surface area contributed by atoms with Gasteiger partial charge in [0.05, 0.1) is 5.52 Å². The van der Waals surface area contributed by atoms with Crippen LogP contribution in [0, 0.1) is 0 Å². The highest BCUT2D eigenvalue weighted by atomic mass is 16.2. The molecule has 0 unspecified atom stereocenters. The molecule has 0 bridgehead atoms. The molecule has 1 aromatic heterocycles. The Morgan fingerprint density at radius 1 is 1.29 bits per heavy atom. The first-order chi connectivity index (χ1) is 10.1. The molecular weight excluding hydrogens is 268 g/mol. The number of carbonyl (C=O) groups excluding carboxylic acids is 2. The molecule has 0 fully saturated rings. The van der Waals surface area contributed by atoms with Crippen LogP contribution in [0.3, 0.4) is 0 Å². The Morgan fingerprint density at radius 3 is 2.76 bits per heavy atom. The zero-order chi connectivity index (χ0) is 15.2. The first kappa shape index (κ1) is 14.8. The Morgan fingerprint density at radius 2 is 2.05 bits per heavy atom. The Hall–Kier alpha value is -2.63. The summed E-state index contributed by atoms with van der Waals surface area (Å²) in [6, 6.07) is 9.33. The lowest BCUT2D eigenvalue weighted by Gasteiger charge is -2.09. The van der Waals surface area contributed by atoms with Gasteiger partial charge in [0, 0.05) is 31.1 Å². The van der Waals surface area contributed by atoms with Crippen LogP contribution in [0.5, 0.6) is 0 Å². The fourth-order valence-electron chi connectivity index (χ4n) is 2.05. The number of fused-ring (bicyclic) bond motifs is 1. The van der Waals surface area contributed by atoms with Crippen molar-refractivity contribution in [1.82, 2.24) is 10.3 Å². The molecule has 0 saturated heterocycles. The highest BCUT2D eigenvalue weighted by molar-refractivity contribution is 5.99. The Kier molecular flexibility index (Phi) is 4.71. The molecule has 2 amide bonds. The van der Waals surface area contributed by atoms with Crippen molar-refractivity contribution >= 4 is 28.4 Å². The van der Waals surface area contributed by atoms with E-state index in [0.29, 0.717) is 18.7 Å². The van der Waals surface area contributed by atoms with E-state index in [-0.39, 0.29) is 18.2 Å². The van der Waals surface area contributed by atoms with E-state index in [1.54, 1.807) is 13.1 Å². The molecule has 0 aliphatic carbocycles. The number of nitrogens with two attached hydrogens (primary N) is 1. The summed E-state index contributed by atoms with van der Waals surface area (Å²) in [6.07, 6.45) is 0.779. The second-order valence-electron chi connectivity index (χ2n) is 4.65. The third-order valence-corrected chi connectivity index (χ3v) is 3.10. The van der Waals surface area contributed by atoms with Crippen molar-refractivity contribution < 1.29 is 9.59 Å². The van der Waals surface area contributed by atoms with Gasteiger partial charge in [-0.2, -0.15) is 0 Å². The van der Waals surface area contributed by atoms with Gasteiger partial charge < -0.3 is 16.4 Å². The third kappa shape index (κ3) is 3.68. The van der Waals surface area contributed by atoms with Crippen molar-refractivity contribution in [3.05, 3.63) is 36.0 Å². The number of pyridine rings is 1. The maximum absolute atomic E-state index is 12.1. The second-order valence-corrected chi connectivity index (χ2v) is 4.65. The van der Waals surface area contributed by atoms with E-state index < -0.39 is 0 Å². The number of carbonyl (C=O) groups is 2. The first-order valence-corrected chi connectivity index (χ1v) is 6.76. The fourth-order valence-corrected chi connectivity index (χ4v) is 2.05. The summed E-state index contributed by atoms with van der Waals surface area (Å²) in [6.45, 7) is 0.394. The molecule has 4 N–H and O–H groups in total. The van der Waals surface area contributed by atoms with Gasteiger partial charge in [-0.05, 0) is 18.6 Å². The number of rotatable bonds is 6. The normalized spacial score (nSPS) is 10.3. The number of benzene rings is 1. The summed E-state index contributed by atoms with van der Waals surface area (Å²) >= 11 is 0. The minimum atomic E-state index is -0.370. The molecular formula is C15H18N4O2. The molecule has 1 heterocycles. The van der Waals surface area contributed by atoms with Gasteiger partial charge in [0.25, 0.3) is 5.91 Å². The Labute approximate surface area is 122 Å². The molecule has 0 aliphatic heterocycles. The van der Waals surface area contributed by atoms with Gasteiger partial charge in [0.1, 0.15) is 5.69 Å². The number of nitrogens with one attached hydrogen (secondary N) is 2. The molecule has 2 rings (SSSR count). The average molecular weight is 286 g/mol. The Bertz CT molecular complexity index is 670. The van der Waals surface area contributed by atoms with Gasteiger partial charge >= 0.3 is 0 Å². The van der Waals surface area contributed by atoms with Crippen LogP contribution >= 0.6 is 0 Å². The molecule has 0 aliphatic rings. The van der Waals surface area contributed by atoms with Crippen LogP contribution in [0.4, 0.5) is 5.69 Å². The van der Waals surface area contributed by atoms with Crippen molar-refractivity contribution in [3.8, 4) is 0 Å². The van der Waals surface area contributed by atoms with E-state index in [1.807, 2.05) is 24.3 Å². The van der Waals surface area contributed by atoms with Crippen LogP contribution in [0.15, 0.2) is 30.3 Å². The lowest BCUT2D eigenvalue weighted by atomic mass is 10.1. The van der Waals surface area contributed by atoms with Crippen molar-refractivity contribution in [1.29, 1.82) is 0 Å². The highest BCUT2D eigenvalue weighted by Crippen LogP contribution is 2.22. The van der Waals surface area contributed by atoms with E-state index in [4.69, 9.17) is 5.73 Å². The number of hydrogen-bond acceptors (Lipinski definition) is 4. The molecule has 6 heteroatoms. The number of amides is 2. The monoisotopic (exact) mass is 286 g/mol. The summed E-state index contributed by atoms with van der Waals surface area (Å²) in [4.78, 5) is 27.1. The molecule has 2 aromatic rings. The lowest BCUT2D eigenvalue weighted by molar-refractivity contribution is -0.118. The molecule has 6 nitrogen and oxygen atoms in total. The van der Waals surface area contributed by atoms with E-state index in [9.17, 15) is 9.59 Å². The molecule has 110 valence electrons. The number of aromatic nitrogens is 1. The summed E-state index contributed by atoms with van der Waals surface area (Å²) in [5.41, 5.74) is 7.00. The van der Waals surface area contributed by atoms with Gasteiger partial charge in [-0.25, -0.2) is 4.98 Å². The van der Waals surface area contributed by atoms with Gasteiger partial charge in [0.15, 0.2) is 0 Å². The van der Waals surface area contributed by atoms with Gasteiger partial charge in [-0.1, -0.05) is 18.2 Å². The van der Waals surface area contributed by atoms with Crippen LogP contribution < -0.4 is 16.4 Å². The quantitative estimate of drug-likeness (QED) is 0.697. The average Bonchev–Trinajstić information content (AvgIpc) is 2.50. The van der Waals surface area contributed by atoms with E-state index in [2.05, 4.69) is 15.6 Å². The number of nitrogens with zero attached hydrogens (tertiary/aromatic N) is 1. The predicted octanol–water partition coefficient (Wildman–Crippen LogP) is 1.27. The first-order valence-electron chi connectivity index (χ1n) is 6.76. The fraction of sp³-hybridized carbons (Fsp3) is 0.267. The van der Waals surface area contributed by atoms with E-state index in [1.165, 1.54) is 0 Å². The van der Waals surface area contributed by atoms with Crippen LogP contribution in [0.25, 0.3) is 10.9 Å². The summed E-state index contributed by atoms with van der Waals surface area (Å²) < 4.78 is 0. The molecule has 21 heavy (non-hydrogen) atoms. The molecule has 0 saturated carbocycles. The predicted molar refractivity (Wildman–Crippen MR) is 82.1 cm³/mol. The zero-order valence-corrected chi connectivity index (χ0v) is 11.8. The largest absolute Gasteiger partial charge is 0.388 e. The summed E-state index contributed by atoms with van der Waals surface area (Å²) in [5, 5.41) is 6.76. The minimum Gasteiger partial charge on any atom is -0.388 e. The third-order valence-electron chi connectivity index (χ3n) is 3.10. The van der Waals surface area contributed by atoms with Crippen LogP contribution in [-0.4, -0.2) is 30.4 Å². The number of anilines is 1. The van der Waals surface area contributed by atoms with Crippen molar-refractivity contribution in [3.63, 3.8) is 0 Å². The van der Waals surface area contributed by atoms with Crippen LogP contribution in [0.2, 0.25) is 0 Å². The van der Waals surface area contributed by atoms with E-state index in [0.717, 1.165) is 16.6 Å². The van der Waals surface area contributed by atoms with Gasteiger partial charge in [-0.15, -0.1) is 0 Å². The molecule has 1 aromatic carbocycles.